The van der Waals surface area contributed by atoms with E-state index in [1.54, 1.807) is 30.5 Å². The van der Waals surface area contributed by atoms with E-state index in [1.807, 2.05) is 0 Å². The van der Waals surface area contributed by atoms with Crippen molar-refractivity contribution in [2.75, 3.05) is 6.54 Å². The van der Waals surface area contributed by atoms with Crippen molar-refractivity contribution in [3.63, 3.8) is 0 Å². The van der Waals surface area contributed by atoms with Crippen LogP contribution in [-0.2, 0) is 10.0 Å². The molecule has 0 aliphatic carbocycles. The van der Waals surface area contributed by atoms with Crippen LogP contribution in [0, 0.1) is 5.82 Å². The second-order valence-corrected chi connectivity index (χ2v) is 6.90. The van der Waals surface area contributed by atoms with Crippen LogP contribution in [0.15, 0.2) is 53.7 Å². The van der Waals surface area contributed by atoms with Crippen LogP contribution in [0.2, 0.25) is 0 Å². The molecule has 0 radical (unpaired) electrons. The first-order chi connectivity index (χ1) is 10.1. The third kappa shape index (κ3) is 2.69. The first kappa shape index (κ1) is 14.2. The molecule has 0 spiro atoms. The summed E-state index contributed by atoms with van der Waals surface area (Å²) >= 11 is 0. The molecule has 0 N–H and O–H groups in total. The Labute approximate surface area is 123 Å². The Bertz CT molecular complexity index is 717. The summed E-state index contributed by atoms with van der Waals surface area (Å²) in [6, 6.07) is 8.94. The monoisotopic (exact) mass is 306 g/mol. The lowest BCUT2D eigenvalue weighted by Crippen LogP contribution is -2.30. The highest BCUT2D eigenvalue weighted by Crippen LogP contribution is 2.36. The lowest BCUT2D eigenvalue weighted by molar-refractivity contribution is 0.396. The lowest BCUT2D eigenvalue weighted by atomic mass is 10.1. The van der Waals surface area contributed by atoms with Gasteiger partial charge in [-0.15, -0.1) is 0 Å². The van der Waals surface area contributed by atoms with Gasteiger partial charge < -0.3 is 0 Å². The smallest absolute Gasteiger partial charge is 0.245 e. The fraction of sp³-hybridized carbons (Fsp3) is 0.267. The molecule has 0 amide bonds. The molecule has 1 atom stereocenters. The van der Waals surface area contributed by atoms with Crippen LogP contribution < -0.4 is 0 Å². The molecule has 110 valence electrons. The second kappa shape index (κ2) is 5.54. The minimum absolute atomic E-state index is 0.194. The largest absolute Gasteiger partial charge is 0.263 e. The Morgan fingerprint density at radius 2 is 1.95 bits per heavy atom. The van der Waals surface area contributed by atoms with E-state index in [9.17, 15) is 12.8 Å². The number of hydrogen-bond acceptors (Lipinski definition) is 3. The molecule has 21 heavy (non-hydrogen) atoms. The van der Waals surface area contributed by atoms with E-state index in [0.717, 1.165) is 18.4 Å². The van der Waals surface area contributed by atoms with Crippen molar-refractivity contribution in [1.29, 1.82) is 0 Å². The van der Waals surface area contributed by atoms with Crippen molar-refractivity contribution in [1.82, 2.24) is 9.29 Å². The molecule has 3 rings (SSSR count). The first-order valence-corrected chi connectivity index (χ1v) is 8.20. The van der Waals surface area contributed by atoms with Crippen molar-refractivity contribution in [2.45, 2.75) is 23.8 Å². The highest BCUT2D eigenvalue weighted by Gasteiger charge is 2.36. The van der Waals surface area contributed by atoms with E-state index in [0.29, 0.717) is 6.54 Å². The SMILES string of the molecule is O=S(=O)(c1cccnc1)N1CCC[C@H]1c1ccc(F)cc1. The van der Waals surface area contributed by atoms with Gasteiger partial charge in [-0.05, 0) is 42.7 Å². The molecule has 6 heteroatoms. The third-order valence-corrected chi connectivity index (χ3v) is 5.59. The fourth-order valence-electron chi connectivity index (χ4n) is 2.68. The Morgan fingerprint density at radius 3 is 2.62 bits per heavy atom. The number of benzene rings is 1. The van der Waals surface area contributed by atoms with Crippen LogP contribution in [0.3, 0.4) is 0 Å². The van der Waals surface area contributed by atoms with Crippen LogP contribution in [0.25, 0.3) is 0 Å². The summed E-state index contributed by atoms with van der Waals surface area (Å²) in [5.74, 6) is -0.321. The maximum atomic E-state index is 13.0. The maximum absolute atomic E-state index is 13.0. The van der Waals surface area contributed by atoms with Crippen LogP contribution >= 0.6 is 0 Å². The fourth-order valence-corrected chi connectivity index (χ4v) is 4.33. The average molecular weight is 306 g/mol. The summed E-state index contributed by atoms with van der Waals surface area (Å²) < 4.78 is 39.9. The molecule has 1 aliphatic rings. The van der Waals surface area contributed by atoms with Crippen LogP contribution in [-0.4, -0.2) is 24.3 Å². The minimum atomic E-state index is -3.57. The first-order valence-electron chi connectivity index (χ1n) is 6.76. The zero-order chi connectivity index (χ0) is 14.9. The molecular formula is C15H15FN2O2S. The van der Waals surface area contributed by atoms with Crippen molar-refractivity contribution in [3.05, 3.63) is 60.2 Å². The van der Waals surface area contributed by atoms with Gasteiger partial charge in [-0.25, -0.2) is 12.8 Å². The molecule has 1 aromatic heterocycles. The molecule has 0 saturated carbocycles. The number of halogens is 1. The highest BCUT2D eigenvalue weighted by molar-refractivity contribution is 7.89. The number of hydrogen-bond donors (Lipinski definition) is 0. The quantitative estimate of drug-likeness (QED) is 0.876. The van der Waals surface area contributed by atoms with E-state index in [2.05, 4.69) is 4.98 Å². The number of rotatable bonds is 3. The Morgan fingerprint density at radius 1 is 1.19 bits per heavy atom. The average Bonchev–Trinajstić information content (AvgIpc) is 2.99. The zero-order valence-electron chi connectivity index (χ0n) is 11.3. The van der Waals surface area contributed by atoms with E-state index in [1.165, 1.54) is 22.6 Å². The Balaban J connectivity index is 1.96. The van der Waals surface area contributed by atoms with Crippen LogP contribution in [0.1, 0.15) is 24.4 Å². The zero-order valence-corrected chi connectivity index (χ0v) is 12.1. The lowest BCUT2D eigenvalue weighted by Gasteiger charge is -2.24. The van der Waals surface area contributed by atoms with E-state index in [4.69, 9.17) is 0 Å². The van der Waals surface area contributed by atoms with E-state index >= 15 is 0 Å². The normalized spacial score (nSPS) is 19.8. The van der Waals surface area contributed by atoms with Gasteiger partial charge in [-0.2, -0.15) is 4.31 Å². The molecular weight excluding hydrogens is 291 g/mol. The summed E-state index contributed by atoms with van der Waals surface area (Å²) in [6.07, 6.45) is 4.43. The minimum Gasteiger partial charge on any atom is -0.263 e. The summed E-state index contributed by atoms with van der Waals surface area (Å²) in [5.41, 5.74) is 0.821. The van der Waals surface area contributed by atoms with Gasteiger partial charge in [0.05, 0.1) is 6.04 Å². The van der Waals surface area contributed by atoms with Crippen LogP contribution in [0.4, 0.5) is 4.39 Å². The maximum Gasteiger partial charge on any atom is 0.245 e. The topological polar surface area (TPSA) is 50.3 Å². The highest BCUT2D eigenvalue weighted by atomic mass is 32.2. The predicted molar refractivity (Wildman–Crippen MR) is 76.5 cm³/mol. The molecule has 4 nitrogen and oxygen atoms in total. The summed E-state index contributed by atoms with van der Waals surface area (Å²) in [6.45, 7) is 0.471. The second-order valence-electron chi connectivity index (χ2n) is 5.01. The Hall–Kier alpha value is -1.79. The number of pyridine rings is 1. The third-order valence-electron chi connectivity index (χ3n) is 3.70. The van der Waals surface area contributed by atoms with Gasteiger partial charge in [-0.3, -0.25) is 4.98 Å². The standard InChI is InChI=1S/C15H15FN2O2S/c16-13-7-5-12(6-8-13)15-4-2-10-18(15)21(19,20)14-3-1-9-17-11-14/h1,3,5-9,11,15H,2,4,10H2/t15-/m0/s1. The predicted octanol–water partition coefficient (Wildman–Crippen LogP) is 2.75. The van der Waals surface area contributed by atoms with Gasteiger partial charge in [0.2, 0.25) is 10.0 Å². The summed E-state index contributed by atoms with van der Waals surface area (Å²) in [4.78, 5) is 4.07. The van der Waals surface area contributed by atoms with Crippen molar-refractivity contribution >= 4 is 10.0 Å². The summed E-state index contributed by atoms with van der Waals surface area (Å²) in [5, 5.41) is 0. The van der Waals surface area contributed by atoms with Crippen LogP contribution in [0.5, 0.6) is 0 Å². The van der Waals surface area contributed by atoms with E-state index in [-0.39, 0.29) is 16.8 Å². The van der Waals surface area contributed by atoms with Crippen molar-refractivity contribution < 1.29 is 12.8 Å². The van der Waals surface area contributed by atoms with Gasteiger partial charge in [0.15, 0.2) is 0 Å². The Kier molecular flexibility index (Phi) is 3.73. The number of sulfonamides is 1. The number of nitrogens with zero attached hydrogens (tertiary/aromatic N) is 2. The molecule has 1 aromatic carbocycles. The number of aromatic nitrogens is 1. The molecule has 0 unspecified atom stereocenters. The van der Waals surface area contributed by atoms with Gasteiger partial charge in [0, 0.05) is 18.9 Å². The molecule has 0 bridgehead atoms. The van der Waals surface area contributed by atoms with Gasteiger partial charge in [0.25, 0.3) is 0 Å². The van der Waals surface area contributed by atoms with E-state index < -0.39 is 10.0 Å². The molecule has 1 fully saturated rings. The van der Waals surface area contributed by atoms with Crippen molar-refractivity contribution in [2.24, 2.45) is 0 Å². The summed E-state index contributed by atoms with van der Waals surface area (Å²) in [7, 11) is -3.57. The van der Waals surface area contributed by atoms with Gasteiger partial charge in [-0.1, -0.05) is 12.1 Å². The molecule has 1 saturated heterocycles. The van der Waals surface area contributed by atoms with Crippen molar-refractivity contribution in [3.8, 4) is 0 Å². The van der Waals surface area contributed by atoms with Gasteiger partial charge in [0.1, 0.15) is 10.7 Å². The van der Waals surface area contributed by atoms with Gasteiger partial charge >= 0.3 is 0 Å². The molecule has 2 heterocycles. The molecule has 2 aromatic rings. The molecule has 1 aliphatic heterocycles.